The summed E-state index contributed by atoms with van der Waals surface area (Å²) in [6, 6.07) is 0. The Labute approximate surface area is 81.0 Å². The Balaban J connectivity index is 4.01. The lowest BCUT2D eigenvalue weighted by atomic mass is 10.2. The van der Waals surface area contributed by atoms with E-state index in [-0.39, 0.29) is 0 Å². The van der Waals surface area contributed by atoms with Gasteiger partial charge in [-0.15, -0.1) is 0 Å². The van der Waals surface area contributed by atoms with E-state index in [2.05, 4.69) is 19.7 Å². The fraction of sp³-hybridized carbons (Fsp3) is 0.0769. The van der Waals surface area contributed by atoms with Crippen LogP contribution in [0.15, 0.2) is 73.4 Å². The topological polar surface area (TPSA) is 0 Å². The molecular formula is C13H16. The van der Waals surface area contributed by atoms with Gasteiger partial charge in [0.15, 0.2) is 0 Å². The van der Waals surface area contributed by atoms with E-state index in [1.165, 1.54) is 0 Å². The molecule has 0 heteroatoms. The molecule has 0 aromatic heterocycles. The Morgan fingerprint density at radius 1 is 0.923 bits per heavy atom. The van der Waals surface area contributed by atoms with Crippen LogP contribution in [-0.2, 0) is 0 Å². The van der Waals surface area contributed by atoms with Crippen molar-refractivity contribution in [1.29, 1.82) is 0 Å². The smallest absolute Gasteiger partial charge is 0.0332 e. The molecule has 0 aliphatic heterocycles. The lowest BCUT2D eigenvalue weighted by molar-refractivity contribution is 1.65. The van der Waals surface area contributed by atoms with Gasteiger partial charge in [-0.2, -0.15) is 0 Å². The van der Waals surface area contributed by atoms with Crippen LogP contribution in [0.1, 0.15) is 6.92 Å². The third-order valence-electron chi connectivity index (χ3n) is 1.37. The van der Waals surface area contributed by atoms with Crippen molar-refractivity contribution in [2.24, 2.45) is 0 Å². The molecule has 0 aromatic rings. The van der Waals surface area contributed by atoms with Crippen LogP contribution in [0.4, 0.5) is 0 Å². The number of hydrogen-bond donors (Lipinski definition) is 0. The van der Waals surface area contributed by atoms with Crippen molar-refractivity contribution in [1.82, 2.24) is 0 Å². The maximum absolute atomic E-state index is 3.83. The predicted molar refractivity (Wildman–Crippen MR) is 61.6 cm³/mol. The minimum atomic E-state index is 0.904. The van der Waals surface area contributed by atoms with Crippen molar-refractivity contribution in [3.63, 3.8) is 0 Å². The van der Waals surface area contributed by atoms with E-state index in [0.717, 1.165) is 11.1 Å². The Hall–Kier alpha value is -1.56. The fourth-order valence-corrected chi connectivity index (χ4v) is 0.696. The molecule has 68 valence electrons. The lowest BCUT2D eigenvalue weighted by Crippen LogP contribution is -1.65. The SMILES string of the molecule is C=CC(=C)/C=C\C=C/C(=C)/C=C\C. The molecule has 0 amide bonds. The first-order chi connectivity index (χ1) is 6.20. The zero-order valence-electron chi connectivity index (χ0n) is 8.16. The first-order valence-electron chi connectivity index (χ1n) is 4.18. The molecule has 0 nitrogen and oxygen atoms in total. The molecule has 0 saturated heterocycles. The van der Waals surface area contributed by atoms with Crippen molar-refractivity contribution in [3.05, 3.63) is 73.4 Å². The monoisotopic (exact) mass is 172 g/mol. The second-order valence-corrected chi connectivity index (χ2v) is 2.57. The van der Waals surface area contributed by atoms with Gasteiger partial charge in [-0.1, -0.05) is 62.3 Å². The minimum absolute atomic E-state index is 0.904. The van der Waals surface area contributed by atoms with Gasteiger partial charge >= 0.3 is 0 Å². The highest BCUT2D eigenvalue weighted by Gasteiger charge is 1.76. The average molecular weight is 172 g/mol. The zero-order valence-corrected chi connectivity index (χ0v) is 8.16. The summed E-state index contributed by atoms with van der Waals surface area (Å²) in [6.45, 7) is 13.1. The lowest BCUT2D eigenvalue weighted by Gasteiger charge is -1.86. The molecule has 0 fully saturated rings. The van der Waals surface area contributed by atoms with Gasteiger partial charge < -0.3 is 0 Å². The molecule has 0 aliphatic rings. The molecule has 0 radical (unpaired) electrons. The highest BCUT2D eigenvalue weighted by atomic mass is 13.8. The van der Waals surface area contributed by atoms with Gasteiger partial charge in [0.25, 0.3) is 0 Å². The van der Waals surface area contributed by atoms with Crippen molar-refractivity contribution < 1.29 is 0 Å². The molecule has 0 aromatic carbocycles. The zero-order chi connectivity index (χ0) is 10.1. The molecule has 0 bridgehead atoms. The Bertz CT molecular complexity index is 272. The van der Waals surface area contributed by atoms with Crippen LogP contribution in [0.2, 0.25) is 0 Å². The first-order valence-corrected chi connectivity index (χ1v) is 4.18. The fourth-order valence-electron chi connectivity index (χ4n) is 0.696. The van der Waals surface area contributed by atoms with Gasteiger partial charge in [0.05, 0.1) is 0 Å². The Kier molecular flexibility index (Phi) is 6.26. The van der Waals surface area contributed by atoms with Gasteiger partial charge in [-0.25, -0.2) is 0 Å². The summed E-state index contributed by atoms with van der Waals surface area (Å²) in [6.07, 6.45) is 13.3. The average Bonchev–Trinajstić information content (AvgIpc) is 2.12. The maximum Gasteiger partial charge on any atom is -0.0332 e. The first kappa shape index (κ1) is 11.4. The highest BCUT2D eigenvalue weighted by Crippen LogP contribution is 1.97. The molecule has 0 atom stereocenters. The largest absolute Gasteiger partial charge is 0.0985 e. The van der Waals surface area contributed by atoms with Crippen LogP contribution in [0.5, 0.6) is 0 Å². The normalized spacial score (nSPS) is 11.5. The van der Waals surface area contributed by atoms with E-state index in [9.17, 15) is 0 Å². The van der Waals surface area contributed by atoms with Crippen molar-refractivity contribution in [3.8, 4) is 0 Å². The molecule has 0 unspecified atom stereocenters. The molecule has 0 N–H and O–H groups in total. The van der Waals surface area contributed by atoms with Gasteiger partial charge in [-0.3, -0.25) is 0 Å². The third kappa shape index (κ3) is 6.82. The van der Waals surface area contributed by atoms with Crippen LogP contribution in [0.3, 0.4) is 0 Å². The van der Waals surface area contributed by atoms with Crippen LogP contribution < -0.4 is 0 Å². The molecule has 0 aliphatic carbocycles. The summed E-state index contributed by atoms with van der Waals surface area (Å²) in [5.74, 6) is 0. The molecule has 13 heavy (non-hydrogen) atoms. The van der Waals surface area contributed by atoms with E-state index >= 15 is 0 Å². The highest BCUT2D eigenvalue weighted by molar-refractivity contribution is 5.32. The van der Waals surface area contributed by atoms with E-state index in [1.54, 1.807) is 6.08 Å². The summed E-state index contributed by atoms with van der Waals surface area (Å²) < 4.78 is 0. The number of allylic oxidation sites excluding steroid dienone is 9. The van der Waals surface area contributed by atoms with E-state index in [4.69, 9.17) is 0 Å². The predicted octanol–water partition coefficient (Wildman–Crippen LogP) is 3.97. The van der Waals surface area contributed by atoms with Crippen molar-refractivity contribution >= 4 is 0 Å². The second kappa shape index (κ2) is 7.11. The van der Waals surface area contributed by atoms with Gasteiger partial charge in [0.1, 0.15) is 0 Å². The van der Waals surface area contributed by atoms with E-state index in [0.29, 0.717) is 0 Å². The number of hydrogen-bond acceptors (Lipinski definition) is 0. The Morgan fingerprint density at radius 2 is 1.46 bits per heavy atom. The summed E-state index contributed by atoms with van der Waals surface area (Å²) >= 11 is 0. The molecule has 0 rings (SSSR count). The second-order valence-electron chi connectivity index (χ2n) is 2.57. The minimum Gasteiger partial charge on any atom is -0.0985 e. The van der Waals surface area contributed by atoms with E-state index in [1.807, 2.05) is 43.4 Å². The molecule has 0 saturated carbocycles. The van der Waals surface area contributed by atoms with Gasteiger partial charge in [0, 0.05) is 0 Å². The maximum atomic E-state index is 3.83. The van der Waals surface area contributed by atoms with Crippen molar-refractivity contribution in [2.75, 3.05) is 0 Å². The molecular weight excluding hydrogens is 156 g/mol. The Morgan fingerprint density at radius 3 is 1.92 bits per heavy atom. The summed E-state index contributed by atoms with van der Waals surface area (Å²) in [5, 5.41) is 0. The van der Waals surface area contributed by atoms with Crippen molar-refractivity contribution in [2.45, 2.75) is 6.92 Å². The van der Waals surface area contributed by atoms with Crippen LogP contribution in [0.25, 0.3) is 0 Å². The van der Waals surface area contributed by atoms with Crippen LogP contribution >= 0.6 is 0 Å². The summed E-state index contributed by atoms with van der Waals surface area (Å²) in [4.78, 5) is 0. The standard InChI is InChI=1S/C13H16/c1-5-9-13(4)11-8-7-10-12(3)6-2/h5-11H,2-4H2,1H3/b9-5-,10-7-,11-8-. The molecule has 0 spiro atoms. The summed E-state index contributed by atoms with van der Waals surface area (Å²) in [7, 11) is 0. The quantitative estimate of drug-likeness (QED) is 0.550. The number of rotatable bonds is 5. The van der Waals surface area contributed by atoms with E-state index < -0.39 is 0 Å². The van der Waals surface area contributed by atoms with Crippen LogP contribution in [0, 0.1) is 0 Å². The summed E-state index contributed by atoms with van der Waals surface area (Å²) in [5.41, 5.74) is 1.89. The molecule has 0 heterocycles. The third-order valence-corrected chi connectivity index (χ3v) is 1.37. The van der Waals surface area contributed by atoms with Crippen LogP contribution in [-0.4, -0.2) is 0 Å². The van der Waals surface area contributed by atoms with Gasteiger partial charge in [0.2, 0.25) is 0 Å². The van der Waals surface area contributed by atoms with Gasteiger partial charge in [-0.05, 0) is 18.1 Å².